The van der Waals surface area contributed by atoms with Crippen LogP contribution in [-0.4, -0.2) is 25.3 Å². The highest BCUT2D eigenvalue weighted by Crippen LogP contribution is 2.30. The van der Waals surface area contributed by atoms with Gasteiger partial charge in [0.15, 0.2) is 11.5 Å². The molecule has 0 bridgehead atoms. The van der Waals surface area contributed by atoms with Crippen LogP contribution in [0.3, 0.4) is 0 Å². The third-order valence-corrected chi connectivity index (χ3v) is 5.05. The molecular weight excluding hydrogens is 388 g/mol. The van der Waals surface area contributed by atoms with E-state index in [1.165, 1.54) is 10.6 Å². The minimum atomic E-state index is -0.147. The number of hydrogen-bond acceptors (Lipinski definition) is 4. The maximum Gasteiger partial charge on any atom is 0.280 e. The zero-order chi connectivity index (χ0) is 21.6. The van der Waals surface area contributed by atoms with Crippen LogP contribution in [0.25, 0.3) is 6.08 Å². The van der Waals surface area contributed by atoms with Crippen molar-refractivity contribution in [3.8, 4) is 11.5 Å². The number of carbonyl (C=O) groups is 1. The molecule has 4 rings (SSSR count). The van der Waals surface area contributed by atoms with E-state index in [-0.39, 0.29) is 5.91 Å². The first-order valence-electron chi connectivity index (χ1n) is 10.2. The third kappa shape index (κ3) is 4.67. The van der Waals surface area contributed by atoms with Gasteiger partial charge in [-0.1, -0.05) is 54.6 Å². The largest absolute Gasteiger partial charge is 0.493 e. The molecule has 1 aliphatic rings. The highest BCUT2D eigenvalue weighted by molar-refractivity contribution is 6.32. The Hall–Kier alpha value is -3.86. The van der Waals surface area contributed by atoms with E-state index in [9.17, 15) is 4.79 Å². The molecule has 1 amide bonds. The van der Waals surface area contributed by atoms with Gasteiger partial charge in [-0.05, 0) is 48.4 Å². The van der Waals surface area contributed by atoms with Gasteiger partial charge in [0.25, 0.3) is 5.91 Å². The fourth-order valence-corrected chi connectivity index (χ4v) is 3.41. The number of methoxy groups -OCH3 is 1. The second-order valence-corrected chi connectivity index (χ2v) is 7.19. The summed E-state index contributed by atoms with van der Waals surface area (Å²) >= 11 is 0. The minimum Gasteiger partial charge on any atom is -0.493 e. The van der Waals surface area contributed by atoms with E-state index in [2.05, 4.69) is 17.2 Å². The molecule has 5 nitrogen and oxygen atoms in total. The fraction of sp³-hybridized carbons (Fsp3) is 0.154. The Labute approximate surface area is 182 Å². The van der Waals surface area contributed by atoms with E-state index in [4.69, 9.17) is 9.47 Å². The van der Waals surface area contributed by atoms with Gasteiger partial charge in [-0.25, -0.2) is 0 Å². The molecule has 5 heteroatoms. The lowest BCUT2D eigenvalue weighted by atomic mass is 10.1. The van der Waals surface area contributed by atoms with Crippen LogP contribution in [0.15, 0.2) is 89.5 Å². The lowest BCUT2D eigenvalue weighted by Gasteiger charge is -2.12. The summed E-state index contributed by atoms with van der Waals surface area (Å²) in [5.41, 5.74) is 4.05. The van der Waals surface area contributed by atoms with Crippen molar-refractivity contribution < 1.29 is 14.3 Å². The van der Waals surface area contributed by atoms with Crippen molar-refractivity contribution in [2.45, 2.75) is 13.3 Å². The topological polar surface area (TPSA) is 51.1 Å². The predicted molar refractivity (Wildman–Crippen MR) is 124 cm³/mol. The smallest absolute Gasteiger partial charge is 0.280 e. The maximum absolute atomic E-state index is 12.9. The number of anilines is 1. The first kappa shape index (κ1) is 20.4. The van der Waals surface area contributed by atoms with E-state index >= 15 is 0 Å². The number of para-hydroxylation sites is 1. The number of hydrogen-bond donors (Lipinski definition) is 0. The van der Waals surface area contributed by atoms with Crippen molar-refractivity contribution in [3.05, 3.63) is 95.6 Å². The number of amides is 1. The average Bonchev–Trinajstić information content (AvgIpc) is 3.09. The third-order valence-electron chi connectivity index (χ3n) is 5.05. The van der Waals surface area contributed by atoms with Crippen LogP contribution >= 0.6 is 0 Å². The van der Waals surface area contributed by atoms with Gasteiger partial charge in [0.2, 0.25) is 0 Å². The molecule has 0 unspecified atom stereocenters. The van der Waals surface area contributed by atoms with Crippen LogP contribution in [0.5, 0.6) is 11.5 Å². The van der Waals surface area contributed by atoms with Crippen LogP contribution in [0, 0.1) is 0 Å². The lowest BCUT2D eigenvalue weighted by molar-refractivity contribution is -0.114. The van der Waals surface area contributed by atoms with Crippen molar-refractivity contribution in [1.82, 2.24) is 0 Å². The summed E-state index contributed by atoms with van der Waals surface area (Å²) < 4.78 is 11.4. The predicted octanol–water partition coefficient (Wildman–Crippen LogP) is 5.12. The summed E-state index contributed by atoms with van der Waals surface area (Å²) in [4.78, 5) is 12.9. The first-order valence-corrected chi connectivity index (χ1v) is 10.2. The van der Waals surface area contributed by atoms with Crippen molar-refractivity contribution >= 4 is 23.4 Å². The summed E-state index contributed by atoms with van der Waals surface area (Å²) in [5.74, 6) is 1.16. The molecule has 156 valence electrons. The van der Waals surface area contributed by atoms with Gasteiger partial charge in [0.05, 0.1) is 30.7 Å². The van der Waals surface area contributed by atoms with Gasteiger partial charge in [-0.3, -0.25) is 4.79 Å². The Kier molecular flexibility index (Phi) is 6.13. The van der Waals surface area contributed by atoms with Crippen molar-refractivity contribution in [2.24, 2.45) is 5.10 Å². The monoisotopic (exact) mass is 412 g/mol. The molecule has 0 atom stereocenters. The van der Waals surface area contributed by atoms with Crippen LogP contribution in [0.4, 0.5) is 5.69 Å². The number of benzene rings is 3. The Morgan fingerprint density at radius 3 is 2.35 bits per heavy atom. The quantitative estimate of drug-likeness (QED) is 0.506. The second-order valence-electron chi connectivity index (χ2n) is 7.19. The standard InChI is InChI=1S/C26H24N2O3/c1-19-23(26(29)28(27-19)22-11-7-4-8-12-22)17-21-13-14-24(25(18-21)30-2)31-16-15-20-9-5-3-6-10-20/h3-14,17-18H,15-16H2,1-2H3. The van der Waals surface area contributed by atoms with Gasteiger partial charge in [0, 0.05) is 6.42 Å². The molecule has 31 heavy (non-hydrogen) atoms. The Bertz CT molecular complexity index is 1120. The van der Waals surface area contributed by atoms with Gasteiger partial charge < -0.3 is 9.47 Å². The highest BCUT2D eigenvalue weighted by atomic mass is 16.5. The number of hydrazone groups is 1. The summed E-state index contributed by atoms with van der Waals surface area (Å²) in [7, 11) is 1.61. The average molecular weight is 412 g/mol. The number of carbonyl (C=O) groups excluding carboxylic acids is 1. The van der Waals surface area contributed by atoms with Crippen molar-refractivity contribution in [2.75, 3.05) is 18.7 Å². The number of ether oxygens (including phenoxy) is 2. The van der Waals surface area contributed by atoms with E-state index in [1.54, 1.807) is 7.11 Å². The number of nitrogens with zero attached hydrogens (tertiary/aromatic N) is 2. The van der Waals surface area contributed by atoms with Crippen molar-refractivity contribution in [3.63, 3.8) is 0 Å². The second kappa shape index (κ2) is 9.30. The molecule has 0 saturated heterocycles. The molecule has 1 heterocycles. The van der Waals surface area contributed by atoms with Crippen LogP contribution < -0.4 is 14.5 Å². The zero-order valence-corrected chi connectivity index (χ0v) is 17.6. The van der Waals surface area contributed by atoms with E-state index in [0.29, 0.717) is 29.4 Å². The summed E-state index contributed by atoms with van der Waals surface area (Å²) in [6, 6.07) is 25.3. The minimum absolute atomic E-state index is 0.147. The molecule has 0 aliphatic carbocycles. The summed E-state index contributed by atoms with van der Waals surface area (Å²) in [6.45, 7) is 2.39. The normalized spacial score (nSPS) is 14.6. The van der Waals surface area contributed by atoms with Crippen LogP contribution in [-0.2, 0) is 11.2 Å². The molecule has 0 radical (unpaired) electrons. The SMILES string of the molecule is COc1cc(C=C2C(=O)N(c3ccccc3)N=C2C)ccc1OCCc1ccccc1. The molecule has 1 aliphatic heterocycles. The molecule has 0 spiro atoms. The molecule has 3 aromatic rings. The van der Waals surface area contributed by atoms with Crippen LogP contribution in [0.2, 0.25) is 0 Å². The van der Waals surface area contributed by atoms with E-state index in [1.807, 2.05) is 79.7 Å². The molecular formula is C26H24N2O3. The highest BCUT2D eigenvalue weighted by Gasteiger charge is 2.28. The molecule has 3 aromatic carbocycles. The van der Waals surface area contributed by atoms with Gasteiger partial charge >= 0.3 is 0 Å². The molecule has 0 fully saturated rings. The Morgan fingerprint density at radius 1 is 0.935 bits per heavy atom. The lowest BCUT2D eigenvalue weighted by Crippen LogP contribution is -2.21. The zero-order valence-electron chi connectivity index (χ0n) is 17.6. The molecule has 0 N–H and O–H groups in total. The Morgan fingerprint density at radius 2 is 1.65 bits per heavy atom. The van der Waals surface area contributed by atoms with Crippen molar-refractivity contribution in [1.29, 1.82) is 0 Å². The van der Waals surface area contributed by atoms with Crippen LogP contribution in [0.1, 0.15) is 18.1 Å². The number of rotatable bonds is 7. The maximum atomic E-state index is 12.9. The molecule has 0 saturated carbocycles. The molecule has 0 aromatic heterocycles. The van der Waals surface area contributed by atoms with Gasteiger partial charge in [-0.2, -0.15) is 10.1 Å². The van der Waals surface area contributed by atoms with E-state index < -0.39 is 0 Å². The summed E-state index contributed by atoms with van der Waals surface area (Å²) in [6.07, 6.45) is 2.65. The summed E-state index contributed by atoms with van der Waals surface area (Å²) in [5, 5.41) is 5.85. The first-order chi connectivity index (χ1) is 15.2. The van der Waals surface area contributed by atoms with Gasteiger partial charge in [0.1, 0.15) is 0 Å². The van der Waals surface area contributed by atoms with E-state index in [0.717, 1.165) is 17.7 Å². The Balaban J connectivity index is 1.49. The fourth-order valence-electron chi connectivity index (χ4n) is 3.41. The van der Waals surface area contributed by atoms with Gasteiger partial charge in [-0.15, -0.1) is 0 Å².